The quantitative estimate of drug-likeness (QED) is 0.792. The van der Waals surface area contributed by atoms with Gasteiger partial charge in [-0.3, -0.25) is 4.79 Å². The number of carbonyl (C=O) groups excluding carboxylic acids is 1. The van der Waals surface area contributed by atoms with Crippen molar-refractivity contribution in [2.75, 3.05) is 11.4 Å². The maximum Gasteiger partial charge on any atom is 0.240 e. The summed E-state index contributed by atoms with van der Waals surface area (Å²) in [5.74, 6) is 0.751. The van der Waals surface area contributed by atoms with Gasteiger partial charge in [-0.05, 0) is 67.9 Å². The fourth-order valence-electron chi connectivity index (χ4n) is 4.75. The zero-order valence-electron chi connectivity index (χ0n) is 16.7. The lowest BCUT2D eigenvalue weighted by molar-refractivity contribution is -0.118. The second-order valence-electron chi connectivity index (χ2n) is 8.27. The van der Waals surface area contributed by atoms with Crippen LogP contribution in [0.2, 0.25) is 0 Å². The number of amides is 1. The number of benzene rings is 1. The molecule has 5 rings (SSSR count). The molecule has 0 atom stereocenters. The topological polar surface area (TPSA) is 88.6 Å². The molecule has 1 N–H and O–H groups in total. The first-order valence-corrected chi connectivity index (χ1v) is 12.0. The molecule has 1 saturated carbocycles. The Morgan fingerprint density at radius 1 is 1.03 bits per heavy atom. The number of aromatic nitrogens is 1. The van der Waals surface area contributed by atoms with Crippen molar-refractivity contribution in [1.29, 1.82) is 0 Å². The van der Waals surface area contributed by atoms with Gasteiger partial charge in [0, 0.05) is 31.3 Å². The van der Waals surface area contributed by atoms with Gasteiger partial charge in [-0.25, -0.2) is 18.1 Å². The molecule has 0 bridgehead atoms. The number of aryl methyl sites for hydroxylation is 1. The van der Waals surface area contributed by atoms with Crippen molar-refractivity contribution in [3.05, 3.63) is 47.7 Å². The molecule has 30 heavy (non-hydrogen) atoms. The average molecular weight is 428 g/mol. The summed E-state index contributed by atoms with van der Waals surface area (Å²) in [6.07, 6.45) is 6.58. The smallest absolute Gasteiger partial charge is 0.240 e. The van der Waals surface area contributed by atoms with Gasteiger partial charge in [0.15, 0.2) is 0 Å². The molecule has 1 aromatic heterocycles. The Hall–Kier alpha value is -2.45. The van der Waals surface area contributed by atoms with Crippen molar-refractivity contribution in [2.45, 2.75) is 62.0 Å². The molecule has 0 radical (unpaired) electrons. The molecule has 0 unspecified atom stereocenters. The van der Waals surface area contributed by atoms with Crippen LogP contribution in [0.4, 0.5) is 5.69 Å². The summed E-state index contributed by atoms with van der Waals surface area (Å²) in [6, 6.07) is 8.98. The molecule has 7 nitrogen and oxygen atoms in total. The standard InChI is InChI=1S/C22H25N3O4S/c26-21-9-4-15-13-19(14-16-10-12-25(21)22(15)16)30(27,28)24-17-5-7-18(8-6-17)29-20-3-1-2-11-23-20/h1-3,11,13-14,17-18,24H,4-10,12H2. The van der Waals surface area contributed by atoms with E-state index in [0.29, 0.717) is 36.6 Å². The fourth-order valence-corrected chi connectivity index (χ4v) is 6.16. The molecule has 0 spiro atoms. The van der Waals surface area contributed by atoms with Gasteiger partial charge in [-0.15, -0.1) is 0 Å². The van der Waals surface area contributed by atoms with Gasteiger partial charge in [0.05, 0.1) is 10.6 Å². The largest absolute Gasteiger partial charge is 0.474 e. The highest BCUT2D eigenvalue weighted by molar-refractivity contribution is 7.89. The van der Waals surface area contributed by atoms with E-state index in [9.17, 15) is 13.2 Å². The van der Waals surface area contributed by atoms with E-state index < -0.39 is 10.0 Å². The lowest BCUT2D eigenvalue weighted by atomic mass is 9.94. The summed E-state index contributed by atoms with van der Waals surface area (Å²) in [5.41, 5.74) is 2.88. The molecule has 3 aliphatic rings. The monoisotopic (exact) mass is 427 g/mol. The van der Waals surface area contributed by atoms with Crippen LogP contribution >= 0.6 is 0 Å². The van der Waals surface area contributed by atoms with E-state index in [0.717, 1.165) is 42.5 Å². The van der Waals surface area contributed by atoms with Crippen LogP contribution in [0.25, 0.3) is 0 Å². The first-order chi connectivity index (χ1) is 14.5. The number of ether oxygens (including phenoxy) is 1. The van der Waals surface area contributed by atoms with Crippen molar-refractivity contribution in [3.8, 4) is 5.88 Å². The Bertz CT molecular complexity index is 1060. The molecule has 1 fully saturated rings. The number of hydrogen-bond donors (Lipinski definition) is 1. The predicted octanol–water partition coefficient (Wildman–Crippen LogP) is 2.59. The first-order valence-electron chi connectivity index (χ1n) is 10.6. The molecule has 0 saturated heterocycles. The SMILES string of the molecule is O=C1CCc2cc(S(=O)(=O)NC3CCC(Oc4ccccn4)CC3)cc3c2N1CC3. The third kappa shape index (κ3) is 3.70. The summed E-state index contributed by atoms with van der Waals surface area (Å²) < 4.78 is 34.9. The van der Waals surface area contributed by atoms with Crippen molar-refractivity contribution >= 4 is 21.6 Å². The highest BCUT2D eigenvalue weighted by Gasteiger charge is 2.34. The fraction of sp³-hybridized carbons (Fsp3) is 0.455. The van der Waals surface area contributed by atoms with Gasteiger partial charge in [0.25, 0.3) is 0 Å². The Morgan fingerprint density at radius 3 is 2.53 bits per heavy atom. The molecule has 3 heterocycles. The van der Waals surface area contributed by atoms with Crippen LogP contribution in [0.5, 0.6) is 5.88 Å². The highest BCUT2D eigenvalue weighted by Crippen LogP contribution is 2.38. The molecule has 2 aliphatic heterocycles. The highest BCUT2D eigenvalue weighted by atomic mass is 32.2. The third-order valence-electron chi connectivity index (χ3n) is 6.26. The number of hydrogen-bond acceptors (Lipinski definition) is 5. The van der Waals surface area contributed by atoms with Gasteiger partial charge in [0.1, 0.15) is 6.10 Å². The first kappa shape index (κ1) is 19.5. The Morgan fingerprint density at radius 2 is 1.80 bits per heavy atom. The number of nitrogens with one attached hydrogen (secondary N) is 1. The van der Waals surface area contributed by atoms with Crippen LogP contribution in [0.15, 0.2) is 41.4 Å². The number of carbonyl (C=O) groups is 1. The molecule has 2 aromatic rings. The predicted molar refractivity (Wildman–Crippen MR) is 112 cm³/mol. The maximum absolute atomic E-state index is 13.1. The Kier molecular flexibility index (Phi) is 4.99. The van der Waals surface area contributed by atoms with Crippen LogP contribution in [-0.2, 0) is 27.7 Å². The summed E-state index contributed by atoms with van der Waals surface area (Å²) in [6.45, 7) is 0.651. The molecular formula is C22H25N3O4S. The molecular weight excluding hydrogens is 402 g/mol. The zero-order valence-corrected chi connectivity index (χ0v) is 17.5. The van der Waals surface area contributed by atoms with Crippen LogP contribution in [0.3, 0.4) is 0 Å². The van der Waals surface area contributed by atoms with Crippen molar-refractivity contribution in [1.82, 2.24) is 9.71 Å². The van der Waals surface area contributed by atoms with E-state index in [1.807, 2.05) is 18.2 Å². The molecule has 158 valence electrons. The molecule has 1 aromatic carbocycles. The van der Waals surface area contributed by atoms with Crippen molar-refractivity contribution < 1.29 is 17.9 Å². The van der Waals surface area contributed by atoms with E-state index in [4.69, 9.17) is 4.74 Å². The third-order valence-corrected chi connectivity index (χ3v) is 7.76. The van der Waals surface area contributed by atoms with E-state index in [1.165, 1.54) is 0 Å². The van der Waals surface area contributed by atoms with Crippen LogP contribution < -0.4 is 14.4 Å². The normalized spacial score (nSPS) is 23.3. The minimum absolute atomic E-state index is 0.0635. The number of pyridine rings is 1. The summed E-state index contributed by atoms with van der Waals surface area (Å²) in [5, 5.41) is 0. The average Bonchev–Trinajstić information content (AvgIpc) is 3.18. The van der Waals surface area contributed by atoms with Crippen LogP contribution in [-0.4, -0.2) is 38.0 Å². The van der Waals surface area contributed by atoms with Crippen LogP contribution in [0.1, 0.15) is 43.2 Å². The van der Waals surface area contributed by atoms with E-state index in [-0.39, 0.29) is 18.1 Å². The lowest BCUT2D eigenvalue weighted by Crippen LogP contribution is -2.39. The van der Waals surface area contributed by atoms with Gasteiger partial charge >= 0.3 is 0 Å². The maximum atomic E-state index is 13.1. The second kappa shape index (κ2) is 7.67. The van der Waals surface area contributed by atoms with Gasteiger partial charge in [-0.1, -0.05) is 6.07 Å². The van der Waals surface area contributed by atoms with Crippen molar-refractivity contribution in [3.63, 3.8) is 0 Å². The second-order valence-corrected chi connectivity index (χ2v) is 9.98. The van der Waals surface area contributed by atoms with Crippen molar-refractivity contribution in [2.24, 2.45) is 0 Å². The van der Waals surface area contributed by atoms with Gasteiger partial charge in [-0.2, -0.15) is 0 Å². The lowest BCUT2D eigenvalue weighted by Gasteiger charge is -2.29. The molecule has 8 heteroatoms. The van der Waals surface area contributed by atoms with Crippen LogP contribution in [0, 0.1) is 0 Å². The van der Waals surface area contributed by atoms with Gasteiger partial charge in [0.2, 0.25) is 21.8 Å². The molecule has 1 aliphatic carbocycles. The minimum atomic E-state index is -3.60. The molecule has 1 amide bonds. The summed E-state index contributed by atoms with van der Waals surface area (Å²) in [7, 11) is -3.60. The van der Waals surface area contributed by atoms with E-state index >= 15 is 0 Å². The Labute approximate surface area is 176 Å². The number of sulfonamides is 1. The number of anilines is 1. The summed E-state index contributed by atoms with van der Waals surface area (Å²) in [4.78, 5) is 18.4. The van der Waals surface area contributed by atoms with E-state index in [2.05, 4.69) is 9.71 Å². The number of rotatable bonds is 5. The van der Waals surface area contributed by atoms with Gasteiger partial charge < -0.3 is 9.64 Å². The zero-order chi connectivity index (χ0) is 20.7. The van der Waals surface area contributed by atoms with E-state index in [1.54, 1.807) is 23.2 Å². The Balaban J connectivity index is 1.26. The summed E-state index contributed by atoms with van der Waals surface area (Å²) >= 11 is 0. The number of nitrogens with zero attached hydrogens (tertiary/aromatic N) is 2. The minimum Gasteiger partial charge on any atom is -0.474 e.